The van der Waals surface area contributed by atoms with Crippen molar-refractivity contribution in [1.82, 2.24) is 10.3 Å². The van der Waals surface area contributed by atoms with Gasteiger partial charge in [0.2, 0.25) is 0 Å². The second-order valence-electron chi connectivity index (χ2n) is 6.69. The summed E-state index contributed by atoms with van der Waals surface area (Å²) < 4.78 is 5.72. The number of thiazole rings is 1. The van der Waals surface area contributed by atoms with E-state index >= 15 is 0 Å². The molecule has 134 valence electrons. The van der Waals surface area contributed by atoms with Gasteiger partial charge in [0.15, 0.2) is 11.8 Å². The lowest BCUT2D eigenvalue weighted by molar-refractivity contribution is -0.127. The van der Waals surface area contributed by atoms with Crippen molar-refractivity contribution < 1.29 is 19.4 Å². The number of carbonyl (C=O) groups is 2. The Kier molecular flexibility index (Phi) is 5.79. The predicted octanol–water partition coefficient (Wildman–Crippen LogP) is 3.22. The molecule has 2 aromatic rings. The molecular weight excluding hydrogens is 340 g/mol. The van der Waals surface area contributed by atoms with Crippen LogP contribution in [-0.4, -0.2) is 28.1 Å². The third-order valence-corrected chi connectivity index (χ3v) is 4.42. The number of hydrogen-bond acceptors (Lipinski definition) is 5. The summed E-state index contributed by atoms with van der Waals surface area (Å²) in [5.74, 6) is -0.727. The first-order chi connectivity index (χ1) is 11.7. The standard InChI is InChI=1S/C18H22N2O4S/c1-11(24-13-7-5-6-12(8-13)18(2,3)4)16(21)19-9-15-20-14(10-25-15)17(22)23/h5-8,10-11H,9H2,1-4H3,(H,19,21)(H,22,23). The molecule has 0 fully saturated rings. The number of ether oxygens (including phenoxy) is 1. The first-order valence-corrected chi connectivity index (χ1v) is 8.77. The fourth-order valence-corrected chi connectivity index (χ4v) is 2.80. The van der Waals surface area contributed by atoms with Gasteiger partial charge in [-0.1, -0.05) is 32.9 Å². The average molecular weight is 362 g/mol. The first-order valence-electron chi connectivity index (χ1n) is 7.89. The average Bonchev–Trinajstić information content (AvgIpc) is 3.01. The molecule has 7 heteroatoms. The second kappa shape index (κ2) is 7.65. The van der Waals surface area contributed by atoms with Gasteiger partial charge >= 0.3 is 5.97 Å². The monoisotopic (exact) mass is 362 g/mol. The summed E-state index contributed by atoms with van der Waals surface area (Å²) in [6.07, 6.45) is -0.672. The number of nitrogens with zero attached hydrogens (tertiary/aromatic N) is 1. The van der Waals surface area contributed by atoms with Crippen molar-refractivity contribution in [2.75, 3.05) is 0 Å². The van der Waals surface area contributed by atoms with Crippen LogP contribution >= 0.6 is 11.3 Å². The van der Waals surface area contributed by atoms with E-state index in [0.29, 0.717) is 10.8 Å². The highest BCUT2D eigenvalue weighted by Gasteiger charge is 2.18. The van der Waals surface area contributed by atoms with Gasteiger partial charge in [-0.05, 0) is 30.0 Å². The number of nitrogens with one attached hydrogen (secondary N) is 1. The van der Waals surface area contributed by atoms with Crippen LogP contribution in [-0.2, 0) is 16.8 Å². The molecule has 0 radical (unpaired) electrons. The third-order valence-electron chi connectivity index (χ3n) is 3.57. The molecule has 0 aliphatic rings. The number of hydrogen-bond donors (Lipinski definition) is 2. The van der Waals surface area contributed by atoms with Crippen LogP contribution in [0.2, 0.25) is 0 Å². The predicted molar refractivity (Wildman–Crippen MR) is 96.2 cm³/mol. The normalized spacial score (nSPS) is 12.5. The number of aromatic nitrogens is 1. The molecule has 1 atom stereocenters. The zero-order valence-electron chi connectivity index (χ0n) is 14.7. The summed E-state index contributed by atoms with van der Waals surface area (Å²) in [5.41, 5.74) is 1.11. The topological polar surface area (TPSA) is 88.5 Å². The Morgan fingerprint density at radius 1 is 1.36 bits per heavy atom. The molecular formula is C18H22N2O4S. The largest absolute Gasteiger partial charge is 0.481 e. The number of aromatic carboxylic acids is 1. The van der Waals surface area contributed by atoms with E-state index in [9.17, 15) is 9.59 Å². The molecule has 0 saturated heterocycles. The molecule has 0 bridgehead atoms. The summed E-state index contributed by atoms with van der Waals surface area (Å²) in [4.78, 5) is 26.9. The van der Waals surface area contributed by atoms with E-state index in [4.69, 9.17) is 9.84 Å². The van der Waals surface area contributed by atoms with E-state index in [1.807, 2.05) is 24.3 Å². The lowest BCUT2D eigenvalue weighted by Gasteiger charge is -2.21. The molecule has 1 heterocycles. The molecule has 1 aromatic heterocycles. The van der Waals surface area contributed by atoms with Crippen molar-refractivity contribution in [2.45, 2.75) is 45.8 Å². The quantitative estimate of drug-likeness (QED) is 0.824. The van der Waals surface area contributed by atoms with Crippen LogP contribution < -0.4 is 10.1 Å². The molecule has 2 rings (SSSR count). The Bertz CT molecular complexity index is 764. The number of carboxylic acids is 1. The fourth-order valence-electron chi connectivity index (χ4n) is 2.09. The molecule has 1 unspecified atom stereocenters. The Hall–Kier alpha value is -2.41. The van der Waals surface area contributed by atoms with Crippen molar-refractivity contribution in [3.8, 4) is 5.75 Å². The molecule has 6 nitrogen and oxygen atoms in total. The molecule has 2 N–H and O–H groups in total. The van der Waals surface area contributed by atoms with E-state index < -0.39 is 12.1 Å². The lowest BCUT2D eigenvalue weighted by Crippen LogP contribution is -2.35. The smallest absolute Gasteiger partial charge is 0.355 e. The van der Waals surface area contributed by atoms with Crippen LogP contribution in [0, 0.1) is 0 Å². The number of carboxylic acid groups (broad SMARTS) is 1. The minimum atomic E-state index is -1.08. The minimum Gasteiger partial charge on any atom is -0.481 e. The Morgan fingerprint density at radius 3 is 2.68 bits per heavy atom. The number of amides is 1. The molecule has 0 saturated carbocycles. The van der Waals surface area contributed by atoms with Gasteiger partial charge in [0.1, 0.15) is 10.8 Å². The Balaban J connectivity index is 1.92. The van der Waals surface area contributed by atoms with E-state index in [1.165, 1.54) is 16.7 Å². The number of rotatable bonds is 6. The third kappa shape index (κ3) is 5.29. The van der Waals surface area contributed by atoms with E-state index in [1.54, 1.807) is 6.92 Å². The van der Waals surface area contributed by atoms with E-state index in [-0.39, 0.29) is 23.6 Å². The maximum absolute atomic E-state index is 12.2. The Morgan fingerprint density at radius 2 is 2.08 bits per heavy atom. The van der Waals surface area contributed by atoms with Gasteiger partial charge in [-0.25, -0.2) is 9.78 Å². The minimum absolute atomic E-state index is 0.00242. The summed E-state index contributed by atoms with van der Waals surface area (Å²) in [6, 6.07) is 7.69. The number of benzene rings is 1. The summed E-state index contributed by atoms with van der Waals surface area (Å²) in [6.45, 7) is 8.18. The highest BCUT2D eigenvalue weighted by atomic mass is 32.1. The van der Waals surface area contributed by atoms with E-state index in [2.05, 4.69) is 31.1 Å². The second-order valence-corrected chi connectivity index (χ2v) is 7.63. The molecule has 25 heavy (non-hydrogen) atoms. The van der Waals surface area contributed by atoms with E-state index in [0.717, 1.165) is 5.56 Å². The summed E-state index contributed by atoms with van der Waals surface area (Å²) in [5, 5.41) is 13.5. The molecule has 0 aliphatic carbocycles. The van der Waals surface area contributed by atoms with Crippen LogP contribution in [0.25, 0.3) is 0 Å². The lowest BCUT2D eigenvalue weighted by atomic mass is 9.87. The SMILES string of the molecule is CC(Oc1cccc(C(C)(C)C)c1)C(=O)NCc1nc(C(=O)O)cs1. The van der Waals surface area contributed by atoms with Crippen LogP contribution in [0.1, 0.15) is 48.8 Å². The highest BCUT2D eigenvalue weighted by molar-refractivity contribution is 7.09. The van der Waals surface area contributed by atoms with Crippen molar-refractivity contribution in [3.63, 3.8) is 0 Å². The zero-order chi connectivity index (χ0) is 18.6. The first kappa shape index (κ1) is 18.9. The maximum Gasteiger partial charge on any atom is 0.355 e. The van der Waals surface area contributed by atoms with Crippen LogP contribution in [0.15, 0.2) is 29.6 Å². The Labute approximate surface area is 150 Å². The van der Waals surface area contributed by atoms with Gasteiger partial charge in [0.25, 0.3) is 5.91 Å². The van der Waals surface area contributed by atoms with Gasteiger partial charge in [-0.2, -0.15) is 0 Å². The summed E-state index contributed by atoms with van der Waals surface area (Å²) in [7, 11) is 0. The molecule has 0 aliphatic heterocycles. The highest BCUT2D eigenvalue weighted by Crippen LogP contribution is 2.26. The van der Waals surface area contributed by atoms with Crippen molar-refractivity contribution in [1.29, 1.82) is 0 Å². The fraction of sp³-hybridized carbons (Fsp3) is 0.389. The van der Waals surface area contributed by atoms with Crippen molar-refractivity contribution in [2.24, 2.45) is 0 Å². The van der Waals surface area contributed by atoms with Crippen LogP contribution in [0.3, 0.4) is 0 Å². The van der Waals surface area contributed by atoms with Crippen molar-refractivity contribution in [3.05, 3.63) is 45.9 Å². The zero-order valence-corrected chi connectivity index (χ0v) is 15.5. The van der Waals surface area contributed by atoms with Gasteiger partial charge in [-0.15, -0.1) is 11.3 Å². The number of carbonyl (C=O) groups excluding carboxylic acids is 1. The van der Waals surface area contributed by atoms with Gasteiger partial charge in [0.05, 0.1) is 6.54 Å². The summed E-state index contributed by atoms with van der Waals surface area (Å²) >= 11 is 1.19. The molecule has 0 spiro atoms. The van der Waals surface area contributed by atoms with Crippen LogP contribution in [0.4, 0.5) is 0 Å². The molecule has 1 amide bonds. The van der Waals surface area contributed by atoms with Crippen LogP contribution in [0.5, 0.6) is 5.75 Å². The van der Waals surface area contributed by atoms with Gasteiger partial charge in [-0.3, -0.25) is 4.79 Å². The van der Waals surface area contributed by atoms with Crippen molar-refractivity contribution >= 4 is 23.2 Å². The molecule has 1 aromatic carbocycles. The van der Waals surface area contributed by atoms with Gasteiger partial charge < -0.3 is 15.2 Å². The maximum atomic E-state index is 12.2. The van der Waals surface area contributed by atoms with Gasteiger partial charge in [0, 0.05) is 5.38 Å².